The molecule has 1 aromatic carbocycles. The Morgan fingerprint density at radius 2 is 2.06 bits per heavy atom. The fourth-order valence-corrected chi connectivity index (χ4v) is 2.07. The third kappa shape index (κ3) is 2.59. The molecule has 0 spiro atoms. The first kappa shape index (κ1) is 12.8. The van der Waals surface area contributed by atoms with Gasteiger partial charge in [0.25, 0.3) is 0 Å². The molecule has 0 radical (unpaired) electrons. The van der Waals surface area contributed by atoms with Gasteiger partial charge in [-0.1, -0.05) is 12.1 Å². The summed E-state index contributed by atoms with van der Waals surface area (Å²) in [6, 6.07) is 6.77. The number of aryl methyl sites for hydroxylation is 3. The number of aliphatic hydroxyl groups excluding tert-OH is 1. The van der Waals surface area contributed by atoms with Crippen molar-refractivity contribution in [2.24, 2.45) is 7.05 Å². The molecule has 0 amide bonds. The third-order valence-electron chi connectivity index (χ3n) is 3.02. The first-order chi connectivity index (χ1) is 8.47. The van der Waals surface area contributed by atoms with Crippen LogP contribution in [0.3, 0.4) is 0 Å². The van der Waals surface area contributed by atoms with Gasteiger partial charge in [-0.05, 0) is 31.5 Å². The standard InChI is InChI=1S/C14H17FN2O/c1-9-4-5-12(13(15)6-9)14(18)8-11-7-10(2)16-17(11)3/h4-7,14,18H,8H2,1-3H3. The summed E-state index contributed by atoms with van der Waals surface area (Å²) < 4.78 is 15.4. The summed E-state index contributed by atoms with van der Waals surface area (Å²) in [4.78, 5) is 0. The van der Waals surface area contributed by atoms with E-state index in [1.54, 1.807) is 16.8 Å². The zero-order chi connectivity index (χ0) is 13.3. The maximum absolute atomic E-state index is 13.7. The topological polar surface area (TPSA) is 38.1 Å². The van der Waals surface area contributed by atoms with E-state index in [0.29, 0.717) is 12.0 Å². The van der Waals surface area contributed by atoms with E-state index >= 15 is 0 Å². The van der Waals surface area contributed by atoms with E-state index in [1.807, 2.05) is 27.0 Å². The van der Waals surface area contributed by atoms with Gasteiger partial charge < -0.3 is 5.11 Å². The molecule has 0 bridgehead atoms. The summed E-state index contributed by atoms with van der Waals surface area (Å²) in [7, 11) is 1.82. The zero-order valence-electron chi connectivity index (χ0n) is 10.8. The van der Waals surface area contributed by atoms with Crippen LogP contribution < -0.4 is 0 Å². The lowest BCUT2D eigenvalue weighted by molar-refractivity contribution is 0.171. The van der Waals surface area contributed by atoms with Gasteiger partial charge in [0, 0.05) is 24.7 Å². The van der Waals surface area contributed by atoms with Crippen molar-refractivity contribution in [1.82, 2.24) is 9.78 Å². The number of aliphatic hydroxyl groups is 1. The average Bonchev–Trinajstić information content (AvgIpc) is 2.57. The van der Waals surface area contributed by atoms with E-state index in [4.69, 9.17) is 0 Å². The normalized spacial score (nSPS) is 12.7. The smallest absolute Gasteiger partial charge is 0.129 e. The molecule has 0 aliphatic carbocycles. The van der Waals surface area contributed by atoms with Crippen LogP contribution in [-0.2, 0) is 13.5 Å². The lowest BCUT2D eigenvalue weighted by Crippen LogP contribution is -2.08. The molecule has 0 saturated heterocycles. The maximum Gasteiger partial charge on any atom is 0.129 e. The molecule has 3 nitrogen and oxygen atoms in total. The second kappa shape index (κ2) is 4.90. The van der Waals surface area contributed by atoms with Gasteiger partial charge in [-0.2, -0.15) is 5.10 Å². The molecule has 2 aromatic rings. The predicted molar refractivity (Wildman–Crippen MR) is 67.7 cm³/mol. The fourth-order valence-electron chi connectivity index (χ4n) is 2.07. The Morgan fingerprint density at radius 3 is 2.61 bits per heavy atom. The van der Waals surface area contributed by atoms with Gasteiger partial charge >= 0.3 is 0 Å². The van der Waals surface area contributed by atoms with Crippen molar-refractivity contribution < 1.29 is 9.50 Å². The second-order valence-electron chi connectivity index (χ2n) is 4.65. The number of rotatable bonds is 3. The summed E-state index contributed by atoms with van der Waals surface area (Å²) in [5.74, 6) is -0.360. The van der Waals surface area contributed by atoms with Crippen LogP contribution in [0.4, 0.5) is 4.39 Å². The van der Waals surface area contributed by atoms with E-state index in [0.717, 1.165) is 17.0 Å². The molecule has 1 aromatic heterocycles. The van der Waals surface area contributed by atoms with Gasteiger partial charge in [-0.25, -0.2) is 4.39 Å². The van der Waals surface area contributed by atoms with Crippen molar-refractivity contribution in [3.8, 4) is 0 Å². The van der Waals surface area contributed by atoms with E-state index in [2.05, 4.69) is 5.10 Å². The SMILES string of the molecule is Cc1ccc(C(O)Cc2cc(C)nn2C)c(F)c1. The molecule has 1 N–H and O–H groups in total. The van der Waals surface area contributed by atoms with Gasteiger partial charge in [0.05, 0.1) is 11.8 Å². The summed E-state index contributed by atoms with van der Waals surface area (Å²) in [6.07, 6.45) is -0.488. The quantitative estimate of drug-likeness (QED) is 0.906. The van der Waals surface area contributed by atoms with Crippen molar-refractivity contribution >= 4 is 0 Å². The Bertz CT molecular complexity index is 563. The van der Waals surface area contributed by atoms with Crippen LogP contribution in [0.2, 0.25) is 0 Å². The maximum atomic E-state index is 13.7. The molecule has 0 fully saturated rings. The summed E-state index contributed by atoms with van der Waals surface area (Å²) in [6.45, 7) is 3.71. The molecule has 0 saturated carbocycles. The van der Waals surface area contributed by atoms with E-state index in [1.165, 1.54) is 6.07 Å². The number of benzene rings is 1. The van der Waals surface area contributed by atoms with E-state index in [9.17, 15) is 9.50 Å². The van der Waals surface area contributed by atoms with Crippen LogP contribution in [0.1, 0.15) is 28.6 Å². The van der Waals surface area contributed by atoms with Crippen molar-refractivity contribution in [1.29, 1.82) is 0 Å². The Morgan fingerprint density at radius 1 is 1.33 bits per heavy atom. The summed E-state index contributed by atoms with van der Waals surface area (Å²) in [5, 5.41) is 14.3. The lowest BCUT2D eigenvalue weighted by Gasteiger charge is -2.12. The number of hydrogen-bond donors (Lipinski definition) is 1. The van der Waals surface area contributed by atoms with Crippen LogP contribution in [0, 0.1) is 19.7 Å². The van der Waals surface area contributed by atoms with E-state index < -0.39 is 6.10 Å². The van der Waals surface area contributed by atoms with Crippen molar-refractivity contribution in [3.05, 3.63) is 52.6 Å². The van der Waals surface area contributed by atoms with Crippen molar-refractivity contribution in [2.45, 2.75) is 26.4 Å². The van der Waals surface area contributed by atoms with Crippen LogP contribution in [0.25, 0.3) is 0 Å². The predicted octanol–water partition coefficient (Wildman–Crippen LogP) is 2.45. The Labute approximate surface area is 106 Å². The van der Waals surface area contributed by atoms with Gasteiger partial charge in [0.1, 0.15) is 5.82 Å². The minimum Gasteiger partial charge on any atom is -0.388 e. The van der Waals surface area contributed by atoms with Gasteiger partial charge in [0.15, 0.2) is 0 Å². The number of hydrogen-bond acceptors (Lipinski definition) is 2. The molecule has 96 valence electrons. The van der Waals surface area contributed by atoms with Crippen LogP contribution in [0.5, 0.6) is 0 Å². The molecule has 0 aliphatic rings. The lowest BCUT2D eigenvalue weighted by atomic mass is 10.0. The third-order valence-corrected chi connectivity index (χ3v) is 3.02. The monoisotopic (exact) mass is 248 g/mol. The first-order valence-corrected chi connectivity index (χ1v) is 5.91. The number of halogens is 1. The van der Waals surface area contributed by atoms with Gasteiger partial charge in [0.2, 0.25) is 0 Å². The summed E-state index contributed by atoms with van der Waals surface area (Å²) >= 11 is 0. The number of aromatic nitrogens is 2. The first-order valence-electron chi connectivity index (χ1n) is 5.91. The molecule has 4 heteroatoms. The Kier molecular flexibility index (Phi) is 3.48. The van der Waals surface area contributed by atoms with Crippen LogP contribution in [-0.4, -0.2) is 14.9 Å². The molecule has 0 aliphatic heterocycles. The highest BCUT2D eigenvalue weighted by molar-refractivity contribution is 5.26. The Hall–Kier alpha value is -1.68. The molecular weight excluding hydrogens is 231 g/mol. The number of nitrogens with zero attached hydrogens (tertiary/aromatic N) is 2. The van der Waals surface area contributed by atoms with Crippen molar-refractivity contribution in [2.75, 3.05) is 0 Å². The summed E-state index contributed by atoms with van der Waals surface area (Å²) in [5.41, 5.74) is 2.96. The molecule has 2 rings (SSSR count). The molecule has 18 heavy (non-hydrogen) atoms. The molecule has 1 heterocycles. The largest absolute Gasteiger partial charge is 0.388 e. The highest BCUT2D eigenvalue weighted by Crippen LogP contribution is 2.22. The minimum atomic E-state index is -0.847. The average molecular weight is 248 g/mol. The van der Waals surface area contributed by atoms with Crippen LogP contribution >= 0.6 is 0 Å². The van der Waals surface area contributed by atoms with Crippen molar-refractivity contribution in [3.63, 3.8) is 0 Å². The highest BCUT2D eigenvalue weighted by Gasteiger charge is 2.15. The minimum absolute atomic E-state index is 0.333. The highest BCUT2D eigenvalue weighted by atomic mass is 19.1. The molecular formula is C14H17FN2O. The molecule has 1 atom stereocenters. The zero-order valence-corrected chi connectivity index (χ0v) is 10.8. The van der Waals surface area contributed by atoms with Gasteiger partial charge in [-0.15, -0.1) is 0 Å². The van der Waals surface area contributed by atoms with Gasteiger partial charge in [-0.3, -0.25) is 4.68 Å². The molecule has 1 unspecified atom stereocenters. The Balaban J connectivity index is 2.21. The fraction of sp³-hybridized carbons (Fsp3) is 0.357. The van der Waals surface area contributed by atoms with Crippen LogP contribution in [0.15, 0.2) is 24.3 Å². The van der Waals surface area contributed by atoms with E-state index in [-0.39, 0.29) is 5.82 Å². The second-order valence-corrected chi connectivity index (χ2v) is 4.65.